The van der Waals surface area contributed by atoms with E-state index in [4.69, 9.17) is 9.72 Å². The number of imidazole rings is 1. The van der Waals surface area contributed by atoms with Gasteiger partial charge in [0.1, 0.15) is 5.65 Å². The van der Waals surface area contributed by atoms with Crippen molar-refractivity contribution in [3.8, 4) is 0 Å². The van der Waals surface area contributed by atoms with E-state index < -0.39 is 0 Å². The van der Waals surface area contributed by atoms with Gasteiger partial charge in [-0.15, -0.1) is 0 Å². The number of methoxy groups -OCH3 is 1. The monoisotopic (exact) mass is 357 g/mol. The standard InChI is InChI=1S/C19H27N5O2/c1-14-5-4-10-24-13-16(22-17(14)24)6-9-21-19(20-2)23-11-7-15(8-12-23)18(25)26-3/h4-5,10,13,15H,6-9,11-12H2,1-3H3,(H,20,21). The molecule has 140 valence electrons. The Morgan fingerprint density at radius 3 is 2.85 bits per heavy atom. The van der Waals surface area contributed by atoms with Gasteiger partial charge in [0.15, 0.2) is 5.96 Å². The molecule has 3 heterocycles. The van der Waals surface area contributed by atoms with Crippen LogP contribution in [-0.2, 0) is 16.0 Å². The summed E-state index contributed by atoms with van der Waals surface area (Å²) in [6, 6.07) is 4.11. The van der Waals surface area contributed by atoms with Gasteiger partial charge in [0.05, 0.1) is 18.7 Å². The number of likely N-dealkylation sites (tertiary alicyclic amines) is 1. The minimum atomic E-state index is -0.102. The fourth-order valence-corrected chi connectivity index (χ4v) is 3.45. The van der Waals surface area contributed by atoms with Crippen molar-refractivity contribution in [1.29, 1.82) is 0 Å². The van der Waals surface area contributed by atoms with E-state index in [2.05, 4.69) is 38.8 Å². The molecule has 0 aromatic carbocycles. The Morgan fingerprint density at radius 1 is 1.42 bits per heavy atom. The predicted molar refractivity (Wildman–Crippen MR) is 101 cm³/mol. The van der Waals surface area contributed by atoms with Gasteiger partial charge in [-0.25, -0.2) is 4.98 Å². The molecule has 0 spiro atoms. The van der Waals surface area contributed by atoms with Gasteiger partial charge in [-0.3, -0.25) is 9.79 Å². The van der Waals surface area contributed by atoms with Crippen LogP contribution in [0.2, 0.25) is 0 Å². The number of nitrogens with zero attached hydrogens (tertiary/aromatic N) is 4. The molecule has 7 heteroatoms. The van der Waals surface area contributed by atoms with Gasteiger partial charge < -0.3 is 19.4 Å². The molecule has 0 aliphatic carbocycles. The van der Waals surface area contributed by atoms with E-state index in [-0.39, 0.29) is 11.9 Å². The fourth-order valence-electron chi connectivity index (χ4n) is 3.45. The number of ether oxygens (including phenoxy) is 1. The molecule has 1 fully saturated rings. The van der Waals surface area contributed by atoms with E-state index in [1.54, 1.807) is 7.05 Å². The number of carbonyl (C=O) groups is 1. The number of carbonyl (C=O) groups excluding carboxylic acids is 1. The Kier molecular flexibility index (Phi) is 5.75. The molecule has 1 N–H and O–H groups in total. The summed E-state index contributed by atoms with van der Waals surface area (Å²) in [6.45, 7) is 4.47. The highest BCUT2D eigenvalue weighted by molar-refractivity contribution is 5.80. The lowest BCUT2D eigenvalue weighted by atomic mass is 9.97. The van der Waals surface area contributed by atoms with Gasteiger partial charge in [-0.2, -0.15) is 0 Å². The number of guanidine groups is 1. The third-order valence-corrected chi connectivity index (χ3v) is 4.93. The maximum Gasteiger partial charge on any atom is 0.308 e. The minimum absolute atomic E-state index is 0.00979. The molecule has 0 unspecified atom stereocenters. The number of aliphatic imine (C=N–C) groups is 1. The van der Waals surface area contributed by atoms with E-state index in [1.807, 2.05) is 12.3 Å². The number of fused-ring (bicyclic) bond motifs is 1. The molecule has 1 aliphatic heterocycles. The zero-order valence-electron chi connectivity index (χ0n) is 15.7. The summed E-state index contributed by atoms with van der Waals surface area (Å²) < 4.78 is 6.91. The summed E-state index contributed by atoms with van der Waals surface area (Å²) in [5.41, 5.74) is 3.25. The molecule has 0 radical (unpaired) electrons. The van der Waals surface area contributed by atoms with Gasteiger partial charge in [0.2, 0.25) is 0 Å². The quantitative estimate of drug-likeness (QED) is 0.512. The van der Waals surface area contributed by atoms with Gasteiger partial charge in [0, 0.05) is 45.5 Å². The van der Waals surface area contributed by atoms with Crippen LogP contribution in [0.15, 0.2) is 29.5 Å². The zero-order valence-corrected chi connectivity index (χ0v) is 15.7. The minimum Gasteiger partial charge on any atom is -0.469 e. The summed E-state index contributed by atoms with van der Waals surface area (Å²) in [6.07, 6.45) is 6.54. The number of aromatic nitrogens is 2. The second-order valence-electron chi connectivity index (χ2n) is 6.66. The summed E-state index contributed by atoms with van der Waals surface area (Å²) in [7, 11) is 3.25. The number of aryl methyl sites for hydroxylation is 1. The van der Waals surface area contributed by atoms with E-state index >= 15 is 0 Å². The molecule has 0 bridgehead atoms. The summed E-state index contributed by atoms with van der Waals surface area (Å²) in [5.74, 6) is 0.790. The lowest BCUT2D eigenvalue weighted by molar-refractivity contribution is -0.146. The molecule has 0 amide bonds. The Morgan fingerprint density at radius 2 is 2.19 bits per heavy atom. The van der Waals surface area contributed by atoms with Crippen LogP contribution >= 0.6 is 0 Å². The number of piperidine rings is 1. The zero-order chi connectivity index (χ0) is 18.5. The van der Waals surface area contributed by atoms with Gasteiger partial charge >= 0.3 is 5.97 Å². The first-order chi connectivity index (χ1) is 12.6. The lowest BCUT2D eigenvalue weighted by Gasteiger charge is -2.33. The SMILES string of the molecule is CN=C(NCCc1cn2cccc(C)c2n1)N1CCC(C(=O)OC)CC1. The highest BCUT2D eigenvalue weighted by atomic mass is 16.5. The van der Waals surface area contributed by atoms with Crippen LogP contribution in [0.3, 0.4) is 0 Å². The molecule has 2 aromatic rings. The number of nitrogens with one attached hydrogen (secondary N) is 1. The van der Waals surface area contributed by atoms with E-state index in [0.29, 0.717) is 0 Å². The number of hydrogen-bond acceptors (Lipinski definition) is 4. The van der Waals surface area contributed by atoms with E-state index in [0.717, 1.165) is 56.2 Å². The summed E-state index contributed by atoms with van der Waals surface area (Å²) in [5, 5.41) is 3.42. The maximum absolute atomic E-state index is 11.6. The third kappa shape index (κ3) is 3.98. The first kappa shape index (κ1) is 18.2. The van der Waals surface area contributed by atoms with Gasteiger partial charge in [-0.1, -0.05) is 6.07 Å². The van der Waals surface area contributed by atoms with Crippen molar-refractivity contribution in [2.75, 3.05) is 33.8 Å². The van der Waals surface area contributed by atoms with Crippen molar-refractivity contribution in [2.45, 2.75) is 26.2 Å². The van der Waals surface area contributed by atoms with Crippen molar-refractivity contribution in [2.24, 2.45) is 10.9 Å². The van der Waals surface area contributed by atoms with E-state index in [1.165, 1.54) is 12.7 Å². The first-order valence-electron chi connectivity index (χ1n) is 9.09. The molecular formula is C19H27N5O2. The van der Waals surface area contributed by atoms with Crippen molar-refractivity contribution >= 4 is 17.6 Å². The molecule has 0 saturated carbocycles. The molecular weight excluding hydrogens is 330 g/mol. The number of esters is 1. The molecule has 0 atom stereocenters. The van der Waals surface area contributed by atoms with Gasteiger partial charge in [0.25, 0.3) is 0 Å². The van der Waals surface area contributed by atoms with Crippen molar-refractivity contribution in [1.82, 2.24) is 19.6 Å². The fraction of sp³-hybridized carbons (Fsp3) is 0.526. The van der Waals surface area contributed by atoms with Crippen LogP contribution in [0, 0.1) is 12.8 Å². The predicted octanol–water partition coefficient (Wildman–Crippen LogP) is 1.65. The van der Waals surface area contributed by atoms with Crippen molar-refractivity contribution in [3.63, 3.8) is 0 Å². The van der Waals surface area contributed by atoms with Crippen LogP contribution < -0.4 is 5.32 Å². The second kappa shape index (κ2) is 8.21. The third-order valence-electron chi connectivity index (χ3n) is 4.93. The van der Waals surface area contributed by atoms with Crippen LogP contribution in [0.1, 0.15) is 24.1 Å². The Bertz CT molecular complexity index is 790. The summed E-state index contributed by atoms with van der Waals surface area (Å²) in [4.78, 5) is 22.9. The Hall–Kier alpha value is -2.57. The number of hydrogen-bond donors (Lipinski definition) is 1. The molecule has 7 nitrogen and oxygen atoms in total. The van der Waals surface area contributed by atoms with Crippen LogP contribution in [0.4, 0.5) is 0 Å². The molecule has 3 rings (SSSR count). The average Bonchev–Trinajstić information content (AvgIpc) is 3.09. The summed E-state index contributed by atoms with van der Waals surface area (Å²) >= 11 is 0. The van der Waals surface area contributed by atoms with Crippen LogP contribution in [0.5, 0.6) is 0 Å². The van der Waals surface area contributed by atoms with E-state index in [9.17, 15) is 4.79 Å². The van der Waals surface area contributed by atoms with Crippen molar-refractivity contribution < 1.29 is 9.53 Å². The highest BCUT2D eigenvalue weighted by Gasteiger charge is 2.26. The molecule has 2 aromatic heterocycles. The smallest absolute Gasteiger partial charge is 0.308 e. The van der Waals surface area contributed by atoms with Crippen LogP contribution in [0.25, 0.3) is 5.65 Å². The topological polar surface area (TPSA) is 71.2 Å². The second-order valence-corrected chi connectivity index (χ2v) is 6.66. The average molecular weight is 357 g/mol. The Labute approximate surface area is 154 Å². The van der Waals surface area contributed by atoms with Crippen LogP contribution in [-0.4, -0.2) is 60.0 Å². The first-order valence-corrected chi connectivity index (χ1v) is 9.09. The van der Waals surface area contributed by atoms with Crippen molar-refractivity contribution in [3.05, 3.63) is 35.8 Å². The molecule has 1 saturated heterocycles. The molecule has 26 heavy (non-hydrogen) atoms. The largest absolute Gasteiger partial charge is 0.469 e. The number of pyridine rings is 1. The number of rotatable bonds is 4. The lowest BCUT2D eigenvalue weighted by Crippen LogP contribution is -2.47. The maximum atomic E-state index is 11.6. The highest BCUT2D eigenvalue weighted by Crippen LogP contribution is 2.18. The van der Waals surface area contributed by atoms with Gasteiger partial charge in [-0.05, 0) is 31.4 Å². The molecule has 1 aliphatic rings. The normalized spacial score (nSPS) is 16.1. The Balaban J connectivity index is 1.51.